The number of aromatic nitrogens is 10. The van der Waals surface area contributed by atoms with E-state index in [1.54, 1.807) is 13.1 Å². The first-order valence-corrected chi connectivity index (χ1v) is 37.1. The maximum absolute atomic E-state index is 13.3. The first-order chi connectivity index (χ1) is 51.2. The summed E-state index contributed by atoms with van der Waals surface area (Å²) in [6.07, 6.45) is 8.81. The Hall–Kier alpha value is -9.11. The van der Waals surface area contributed by atoms with Crippen molar-refractivity contribution in [2.24, 2.45) is 14.1 Å². The second-order valence-electron chi connectivity index (χ2n) is 27.1. The molecule has 0 unspecified atom stereocenters. The molecule has 10 aromatic rings. The lowest BCUT2D eigenvalue weighted by Gasteiger charge is -2.28. The van der Waals surface area contributed by atoms with Crippen molar-refractivity contribution >= 4 is 28.9 Å². The van der Waals surface area contributed by atoms with Gasteiger partial charge in [-0.2, -0.15) is 62.4 Å². The summed E-state index contributed by atoms with van der Waals surface area (Å²) in [6, 6.07) is 35.7. The molecule has 3 N–H and O–H groups in total. The van der Waals surface area contributed by atoms with E-state index >= 15 is 0 Å². The monoisotopic (exact) mass is 1510 g/mol. The number of anilines is 1. The highest BCUT2D eigenvalue weighted by Crippen LogP contribution is 2.42. The third-order valence-electron chi connectivity index (χ3n) is 18.0. The number of benzene rings is 5. The highest BCUT2D eigenvalue weighted by molar-refractivity contribution is 6.36. The highest BCUT2D eigenvalue weighted by atomic mass is 35.5. The molecule has 0 aliphatic carbocycles. The zero-order valence-electron chi connectivity index (χ0n) is 63.7. The van der Waals surface area contributed by atoms with Gasteiger partial charge in [0.1, 0.15) is 0 Å². The molecule has 0 saturated carbocycles. The number of hydrogen-bond acceptors (Lipinski definition) is 13. The van der Waals surface area contributed by atoms with Crippen LogP contribution in [0.15, 0.2) is 140 Å². The van der Waals surface area contributed by atoms with Gasteiger partial charge in [0.05, 0.1) is 92.7 Å². The largest absolute Gasteiger partial charge is 0.417 e. The Morgan fingerprint density at radius 2 is 0.916 bits per heavy atom. The van der Waals surface area contributed by atoms with Crippen molar-refractivity contribution in [3.05, 3.63) is 201 Å². The molecule has 1 aliphatic heterocycles. The van der Waals surface area contributed by atoms with Crippen LogP contribution in [0.4, 0.5) is 32.0 Å². The zero-order chi connectivity index (χ0) is 77.8. The van der Waals surface area contributed by atoms with E-state index in [-0.39, 0.29) is 17.3 Å². The lowest BCUT2D eigenvalue weighted by Crippen LogP contribution is -2.29. The van der Waals surface area contributed by atoms with Crippen molar-refractivity contribution in [2.75, 3.05) is 86.0 Å². The summed E-state index contributed by atoms with van der Waals surface area (Å²) in [4.78, 5) is 13.6. The molecule has 0 atom stereocenters. The van der Waals surface area contributed by atoms with Crippen molar-refractivity contribution < 1.29 is 26.3 Å². The van der Waals surface area contributed by atoms with Crippen LogP contribution in [-0.2, 0) is 59.2 Å². The van der Waals surface area contributed by atoms with Crippen LogP contribution in [0.3, 0.4) is 0 Å². The highest BCUT2D eigenvalue weighted by Gasteiger charge is 2.39. The Morgan fingerprint density at radius 3 is 1.38 bits per heavy atom. The van der Waals surface area contributed by atoms with Crippen molar-refractivity contribution in [1.29, 1.82) is 10.5 Å². The van der Waals surface area contributed by atoms with Gasteiger partial charge in [0.25, 0.3) is 0 Å². The van der Waals surface area contributed by atoms with Gasteiger partial charge in [0, 0.05) is 121 Å². The number of H-pyrrole nitrogens is 3. The van der Waals surface area contributed by atoms with Crippen LogP contribution < -0.4 is 4.90 Å². The first-order valence-electron chi connectivity index (χ1n) is 36.4. The topological polar surface area (TPSA) is 189 Å². The van der Waals surface area contributed by atoms with E-state index in [1.165, 1.54) is 67.5 Å². The predicted octanol–water partition coefficient (Wildman–Crippen LogP) is 18.7. The van der Waals surface area contributed by atoms with Crippen molar-refractivity contribution in [2.45, 2.75) is 131 Å². The minimum Gasteiger partial charge on any atom is -0.372 e. The van der Waals surface area contributed by atoms with Crippen LogP contribution in [-0.4, -0.2) is 156 Å². The molecule has 572 valence electrons. The van der Waals surface area contributed by atoms with Crippen LogP contribution in [0.2, 0.25) is 10.0 Å². The van der Waals surface area contributed by atoms with Gasteiger partial charge in [0.2, 0.25) is 0 Å². The second-order valence-corrected chi connectivity index (χ2v) is 28.0. The number of halogens is 8. The molecule has 0 spiro atoms. The Labute approximate surface area is 636 Å². The number of rotatable bonds is 26. The summed E-state index contributed by atoms with van der Waals surface area (Å²) in [6.45, 7) is 21.9. The van der Waals surface area contributed by atoms with E-state index in [0.29, 0.717) is 39.3 Å². The second kappa shape index (κ2) is 41.9. The van der Waals surface area contributed by atoms with Gasteiger partial charge in [0.15, 0.2) is 0 Å². The van der Waals surface area contributed by atoms with Crippen LogP contribution >= 0.6 is 23.2 Å². The average molecular weight is 1510 g/mol. The summed E-state index contributed by atoms with van der Waals surface area (Å²) in [5.41, 5.74) is 13.7. The number of nitrogens with zero attached hydrogens (tertiary/aromatic N) is 15. The quantitative estimate of drug-likeness (QED) is 0.0435. The third-order valence-corrected chi connectivity index (χ3v) is 18.5. The minimum atomic E-state index is -4.92. The van der Waals surface area contributed by atoms with Crippen molar-refractivity contribution in [3.8, 4) is 68.2 Å². The molecule has 1 saturated heterocycles. The van der Waals surface area contributed by atoms with Gasteiger partial charge in [-0.15, -0.1) is 0 Å². The van der Waals surface area contributed by atoms with E-state index in [0.717, 1.165) is 141 Å². The molecule has 107 heavy (non-hydrogen) atoms. The zero-order valence-corrected chi connectivity index (χ0v) is 65.2. The maximum Gasteiger partial charge on any atom is 0.417 e. The summed E-state index contributed by atoms with van der Waals surface area (Å²) in [7, 11) is 14.2. The van der Waals surface area contributed by atoms with Gasteiger partial charge in [-0.3, -0.25) is 24.7 Å². The standard InChI is InChI=1S/C19H28N4.C16H17F6N3.2C16H20N4.C14H17Cl2N3/c1-3-11-22(2)15-17-14-20-21-19(17)16-7-9-18(10-8-16)23-12-5-4-6-13-23;1-3-6-25(2)9-10-8-23-24-14(10)12-5-4-11(15(17,18)19)7-13(12)16(20,21)22;1-4-9-19(2)12-16-15(11-20(3)18-16)14-7-5-13(10-17)6-8-14;1-4-9-19(2)12-16-15(11-18-20(16)3)14-7-5-13(10-17)6-8-14;1-3-6-19(2)9-10-8-17-18-14(10)12-5-4-11(15)7-13(12)16/h7-10,14H,3-6,11-13,15H2,1-2H3,(H,20,21);4-5,7-8H,3,6,9H2,1-2H3,(H,23,24);2*5-8,11H,4,9,12H2,1-3H3;4-5,7-8H,3,6,9H2,1-2H3,(H,17,18). The number of aromatic amines is 3. The van der Waals surface area contributed by atoms with E-state index in [9.17, 15) is 26.3 Å². The van der Waals surface area contributed by atoms with E-state index in [2.05, 4.69) is 158 Å². The lowest BCUT2D eigenvalue weighted by molar-refractivity contribution is -0.142. The fraction of sp³-hybridized carbons (Fsp3) is 0.420. The molecule has 5 aromatic heterocycles. The maximum atomic E-state index is 13.3. The van der Waals surface area contributed by atoms with E-state index < -0.39 is 23.5 Å². The van der Waals surface area contributed by atoms with E-state index in [1.807, 2.05) is 121 Å². The molecule has 0 radical (unpaired) electrons. The van der Waals surface area contributed by atoms with Gasteiger partial charge in [-0.1, -0.05) is 100 Å². The molecular formula is C81H102Cl2F6N18. The summed E-state index contributed by atoms with van der Waals surface area (Å²) < 4.78 is 82.0. The Bertz CT molecular complexity index is 4330. The first kappa shape index (κ1) is 85.1. The molecule has 1 aliphatic rings. The van der Waals surface area contributed by atoms with Gasteiger partial charge < -0.3 is 29.4 Å². The number of alkyl halides is 6. The fourth-order valence-electron chi connectivity index (χ4n) is 12.8. The van der Waals surface area contributed by atoms with E-state index in [4.69, 9.17) is 33.7 Å². The minimum absolute atomic E-state index is 0.0732. The molecule has 1 fully saturated rings. The van der Waals surface area contributed by atoms with Crippen LogP contribution in [0.5, 0.6) is 0 Å². The number of piperidine rings is 1. The lowest BCUT2D eigenvalue weighted by atomic mass is 9.98. The number of hydrogen-bond donors (Lipinski definition) is 3. The predicted molar refractivity (Wildman–Crippen MR) is 418 cm³/mol. The molecule has 0 amide bonds. The van der Waals surface area contributed by atoms with Crippen molar-refractivity contribution in [3.63, 3.8) is 0 Å². The van der Waals surface area contributed by atoms with Gasteiger partial charge in [-0.25, -0.2) is 0 Å². The Kier molecular flexibility index (Phi) is 33.3. The molecule has 5 aromatic carbocycles. The third kappa shape index (κ3) is 25.5. The van der Waals surface area contributed by atoms with Gasteiger partial charge in [-0.05, 0) is 197 Å². The molecule has 26 heteroatoms. The fourth-order valence-corrected chi connectivity index (χ4v) is 13.3. The smallest absolute Gasteiger partial charge is 0.372 e. The Morgan fingerprint density at radius 1 is 0.477 bits per heavy atom. The van der Waals surface area contributed by atoms with Crippen LogP contribution in [0.1, 0.15) is 136 Å². The Balaban J connectivity index is 0.000000187. The molecule has 6 heterocycles. The van der Waals surface area contributed by atoms with Crippen LogP contribution in [0.25, 0.3) is 56.0 Å². The average Bonchev–Trinajstić information content (AvgIpc) is 1.76. The summed E-state index contributed by atoms with van der Waals surface area (Å²) in [5, 5.41) is 48.8. The number of nitriles is 2. The number of nitrogens with one attached hydrogen (secondary N) is 3. The SMILES string of the molecule is CCCN(C)Cc1c(-c2ccc(C#N)cc2)cnn1C.CCCN(C)Cc1cn[nH]c1-c1ccc(C(F)(F)F)cc1C(F)(F)F.CCCN(C)Cc1cn[nH]c1-c1ccc(Cl)cc1Cl.CCCN(C)Cc1cn[nH]c1-c1ccc(N2CCCCC2)cc1.CCCN(C)Cc1nn(C)cc1-c1ccc(C#N)cc1. The molecular weight excluding hydrogens is 1410 g/mol. The molecule has 18 nitrogen and oxygen atoms in total. The van der Waals surface area contributed by atoms with Gasteiger partial charge >= 0.3 is 12.4 Å². The van der Waals surface area contributed by atoms with Crippen LogP contribution in [0, 0.1) is 22.7 Å². The van der Waals surface area contributed by atoms with Crippen molar-refractivity contribution in [1.82, 2.24) is 74.7 Å². The summed E-state index contributed by atoms with van der Waals surface area (Å²) >= 11 is 12.2. The normalized spacial score (nSPS) is 12.3. The molecule has 0 bridgehead atoms. The molecule has 11 rings (SSSR count). The number of aryl methyl sites for hydroxylation is 2. The summed E-state index contributed by atoms with van der Waals surface area (Å²) in [5.74, 6) is 0.